The summed E-state index contributed by atoms with van der Waals surface area (Å²) in [5.41, 5.74) is 1.13. The Labute approximate surface area is 73.0 Å². The number of benzene rings is 1. The minimum absolute atomic E-state index is 0. The van der Waals surface area contributed by atoms with Crippen LogP contribution in [0, 0.1) is 6.92 Å². The van der Waals surface area contributed by atoms with Crippen LogP contribution in [-0.4, -0.2) is 0 Å². The van der Waals surface area contributed by atoms with E-state index in [2.05, 4.69) is 0 Å². The van der Waals surface area contributed by atoms with Crippen molar-refractivity contribution in [3.8, 4) is 0 Å². The summed E-state index contributed by atoms with van der Waals surface area (Å²) in [5, 5.41) is 0.840. The van der Waals surface area contributed by atoms with Gasteiger partial charge in [0, 0.05) is 24.5 Å². The van der Waals surface area contributed by atoms with Crippen molar-refractivity contribution in [1.29, 1.82) is 0 Å². The zero-order valence-electron chi connectivity index (χ0n) is 5.39. The maximum Gasteiger partial charge on any atom is 0.0435 e. The molecular formula is C7H7ClZn. The van der Waals surface area contributed by atoms with Crippen LogP contribution in [0.15, 0.2) is 24.3 Å². The van der Waals surface area contributed by atoms with E-state index < -0.39 is 0 Å². The molecule has 0 aromatic heterocycles. The summed E-state index contributed by atoms with van der Waals surface area (Å²) in [6.45, 7) is 1.99. The molecule has 44 valence electrons. The molecule has 1 rings (SSSR count). The van der Waals surface area contributed by atoms with E-state index >= 15 is 0 Å². The Hall–Kier alpha value is 0.133. The van der Waals surface area contributed by atoms with Gasteiger partial charge in [-0.25, -0.2) is 0 Å². The van der Waals surface area contributed by atoms with E-state index in [0.29, 0.717) is 0 Å². The largest absolute Gasteiger partial charge is 0.0841 e. The third-order valence-electron chi connectivity index (χ3n) is 1.08. The van der Waals surface area contributed by atoms with Crippen molar-refractivity contribution >= 4 is 11.6 Å². The number of hydrogen-bond acceptors (Lipinski definition) is 0. The normalized spacial score (nSPS) is 8.22. The molecule has 0 saturated heterocycles. The van der Waals surface area contributed by atoms with E-state index in [4.69, 9.17) is 11.6 Å². The monoisotopic (exact) mass is 190 g/mol. The van der Waals surface area contributed by atoms with Gasteiger partial charge in [0.25, 0.3) is 0 Å². The standard InChI is InChI=1S/C7H7Cl.Zn/c1-6-4-2-3-5-7(6)8;/h2-5H,1H3;. The minimum Gasteiger partial charge on any atom is -0.0841 e. The first-order valence-corrected chi connectivity index (χ1v) is 2.89. The fourth-order valence-corrected chi connectivity index (χ4v) is 0.687. The summed E-state index contributed by atoms with van der Waals surface area (Å²) < 4.78 is 0. The number of hydrogen-bond donors (Lipinski definition) is 0. The summed E-state index contributed by atoms with van der Waals surface area (Å²) >= 11 is 5.71. The van der Waals surface area contributed by atoms with Crippen molar-refractivity contribution in [2.75, 3.05) is 0 Å². The molecule has 0 aliphatic rings. The smallest absolute Gasteiger partial charge is 0.0435 e. The van der Waals surface area contributed by atoms with Crippen LogP contribution in [0.3, 0.4) is 0 Å². The van der Waals surface area contributed by atoms with Crippen molar-refractivity contribution in [2.45, 2.75) is 6.92 Å². The van der Waals surface area contributed by atoms with Crippen LogP contribution in [0.2, 0.25) is 5.02 Å². The second-order valence-corrected chi connectivity index (χ2v) is 2.16. The summed E-state index contributed by atoms with van der Waals surface area (Å²) in [6, 6.07) is 7.77. The first-order chi connectivity index (χ1) is 3.80. The first-order valence-electron chi connectivity index (χ1n) is 2.52. The van der Waals surface area contributed by atoms with Gasteiger partial charge in [0.1, 0.15) is 0 Å². The molecule has 2 heteroatoms. The predicted octanol–water partition coefficient (Wildman–Crippen LogP) is 2.65. The summed E-state index contributed by atoms with van der Waals surface area (Å²) in [5.74, 6) is 0. The number of rotatable bonds is 0. The average molecular weight is 192 g/mol. The first kappa shape index (κ1) is 9.13. The minimum atomic E-state index is 0. The van der Waals surface area contributed by atoms with Gasteiger partial charge in [-0.3, -0.25) is 0 Å². The molecule has 0 atom stereocenters. The molecule has 9 heavy (non-hydrogen) atoms. The van der Waals surface area contributed by atoms with Crippen LogP contribution in [0.25, 0.3) is 0 Å². The Morgan fingerprint density at radius 2 is 1.78 bits per heavy atom. The van der Waals surface area contributed by atoms with Gasteiger partial charge in [0.2, 0.25) is 0 Å². The quantitative estimate of drug-likeness (QED) is 0.554. The molecule has 0 radical (unpaired) electrons. The van der Waals surface area contributed by atoms with E-state index in [0.717, 1.165) is 10.6 Å². The molecule has 1 aromatic carbocycles. The van der Waals surface area contributed by atoms with Gasteiger partial charge in [0.15, 0.2) is 0 Å². The predicted molar refractivity (Wildman–Crippen MR) is 36.2 cm³/mol. The van der Waals surface area contributed by atoms with E-state index in [9.17, 15) is 0 Å². The molecule has 0 amide bonds. The van der Waals surface area contributed by atoms with Crippen LogP contribution in [0.4, 0.5) is 0 Å². The van der Waals surface area contributed by atoms with Gasteiger partial charge >= 0.3 is 0 Å². The van der Waals surface area contributed by atoms with Crippen molar-refractivity contribution in [3.05, 3.63) is 34.9 Å². The van der Waals surface area contributed by atoms with E-state index in [1.807, 2.05) is 31.2 Å². The van der Waals surface area contributed by atoms with E-state index in [1.54, 1.807) is 0 Å². The molecule has 0 heterocycles. The van der Waals surface area contributed by atoms with Crippen LogP contribution in [-0.2, 0) is 19.5 Å². The summed E-state index contributed by atoms with van der Waals surface area (Å²) in [4.78, 5) is 0. The molecular weight excluding hydrogens is 185 g/mol. The molecule has 0 unspecified atom stereocenters. The van der Waals surface area contributed by atoms with E-state index in [1.165, 1.54) is 0 Å². The van der Waals surface area contributed by atoms with Crippen molar-refractivity contribution in [3.63, 3.8) is 0 Å². The Morgan fingerprint density at radius 1 is 1.22 bits per heavy atom. The molecule has 0 aliphatic heterocycles. The molecule has 1 aromatic rings. The average Bonchev–Trinajstić information content (AvgIpc) is 1.77. The topological polar surface area (TPSA) is 0 Å². The van der Waals surface area contributed by atoms with Crippen LogP contribution in [0.5, 0.6) is 0 Å². The van der Waals surface area contributed by atoms with Crippen molar-refractivity contribution in [2.24, 2.45) is 0 Å². The summed E-state index contributed by atoms with van der Waals surface area (Å²) in [7, 11) is 0. The van der Waals surface area contributed by atoms with Crippen molar-refractivity contribution in [1.82, 2.24) is 0 Å². The summed E-state index contributed by atoms with van der Waals surface area (Å²) in [6.07, 6.45) is 0. The maximum absolute atomic E-state index is 5.71. The Morgan fingerprint density at radius 3 is 2.11 bits per heavy atom. The second-order valence-electron chi connectivity index (χ2n) is 1.75. The molecule has 0 aliphatic carbocycles. The Bertz CT molecular complexity index is 165. The third kappa shape index (κ3) is 2.47. The van der Waals surface area contributed by atoms with Gasteiger partial charge in [-0.1, -0.05) is 29.8 Å². The van der Waals surface area contributed by atoms with Gasteiger partial charge in [-0.05, 0) is 18.6 Å². The van der Waals surface area contributed by atoms with Crippen molar-refractivity contribution < 1.29 is 19.5 Å². The molecule has 0 fully saturated rings. The SMILES string of the molecule is Cc1ccccc1Cl.[Zn]. The maximum atomic E-state index is 5.71. The van der Waals surface area contributed by atoms with E-state index in [-0.39, 0.29) is 19.5 Å². The van der Waals surface area contributed by atoms with Crippen LogP contribution < -0.4 is 0 Å². The van der Waals surface area contributed by atoms with Gasteiger partial charge < -0.3 is 0 Å². The fourth-order valence-electron chi connectivity index (χ4n) is 0.551. The second kappa shape index (κ2) is 4.03. The number of halogens is 1. The van der Waals surface area contributed by atoms with Gasteiger partial charge in [-0.2, -0.15) is 0 Å². The third-order valence-corrected chi connectivity index (χ3v) is 1.50. The van der Waals surface area contributed by atoms with Crippen LogP contribution in [0.1, 0.15) is 5.56 Å². The zero-order chi connectivity index (χ0) is 5.98. The molecule has 0 N–H and O–H groups in total. The molecule has 0 nitrogen and oxygen atoms in total. The van der Waals surface area contributed by atoms with Gasteiger partial charge in [0.05, 0.1) is 0 Å². The van der Waals surface area contributed by atoms with Gasteiger partial charge in [-0.15, -0.1) is 0 Å². The number of aryl methyl sites for hydroxylation is 1. The molecule has 0 bridgehead atoms. The fraction of sp³-hybridized carbons (Fsp3) is 0.143. The molecule has 0 saturated carbocycles. The molecule has 0 spiro atoms. The Kier molecular flexibility index (Phi) is 4.09. The zero-order valence-corrected chi connectivity index (χ0v) is 9.12. The van der Waals surface area contributed by atoms with Crippen LogP contribution >= 0.6 is 11.6 Å². The Balaban J connectivity index is 0.000000640.